The third kappa shape index (κ3) is 11.8. The highest BCUT2D eigenvalue weighted by Gasteiger charge is 2.42. The van der Waals surface area contributed by atoms with Crippen molar-refractivity contribution in [1.29, 1.82) is 0 Å². The molecule has 13 nitrogen and oxygen atoms in total. The van der Waals surface area contributed by atoms with E-state index in [9.17, 15) is 24.3 Å². The van der Waals surface area contributed by atoms with Crippen molar-refractivity contribution in [2.75, 3.05) is 41.5 Å². The lowest BCUT2D eigenvalue weighted by Gasteiger charge is -2.43. The van der Waals surface area contributed by atoms with Gasteiger partial charge in [-0.3, -0.25) is 29.5 Å². The Morgan fingerprint density at radius 1 is 1.02 bits per heavy atom. The molecule has 0 radical (unpaired) electrons. The maximum atomic E-state index is 13.5. The number of aliphatic carboxylic acids is 1. The number of amides is 3. The monoisotopic (exact) mass is 705 g/mol. The van der Waals surface area contributed by atoms with Crippen LogP contribution in [0.2, 0.25) is 0 Å². The Hall–Kier alpha value is -2.94. The first-order valence-corrected chi connectivity index (χ1v) is 17.8. The number of likely N-dealkylation sites (N-methyl/N-ethyl adjacent to an activating group) is 1. The molecular formula is C37H63N5O8. The van der Waals surface area contributed by atoms with Gasteiger partial charge in [0, 0.05) is 40.3 Å². The molecule has 1 heterocycles. The second-order valence-corrected chi connectivity index (χ2v) is 14.5. The number of likely N-dealkylation sites (tertiary alicyclic amines) is 1. The number of ether oxygens (including phenoxy) is 3. The topological polar surface area (TPSA) is 173 Å². The summed E-state index contributed by atoms with van der Waals surface area (Å²) in [5.74, 6) is -3.20. The van der Waals surface area contributed by atoms with E-state index in [2.05, 4.69) is 15.5 Å². The normalized spacial score (nSPS) is 19.7. The summed E-state index contributed by atoms with van der Waals surface area (Å²) in [7, 11) is 6.75. The Balaban J connectivity index is 2.24. The van der Waals surface area contributed by atoms with Gasteiger partial charge >= 0.3 is 5.97 Å². The van der Waals surface area contributed by atoms with E-state index in [-0.39, 0.29) is 42.5 Å². The summed E-state index contributed by atoms with van der Waals surface area (Å²) >= 11 is 0. The SMILES string of the molecule is CC[C@H](OC)[C@@H]([C@@H](CCN1CCC[C@H]1[C@H](OC)[C@@H](C)C(=O)N[C@@H](Cc1ccccc1)C(=O)O)OC)N(C)[C@H](C(=O)NC(=O)C(C)(C)N)C(C)C. The molecule has 13 heteroatoms. The number of nitrogens with zero attached hydrogens (tertiary/aromatic N) is 2. The lowest BCUT2D eigenvalue weighted by molar-refractivity contribution is -0.143. The molecule has 1 aromatic rings. The minimum atomic E-state index is -1.21. The number of benzene rings is 1. The van der Waals surface area contributed by atoms with Crippen LogP contribution in [0.25, 0.3) is 0 Å². The smallest absolute Gasteiger partial charge is 0.326 e. The van der Waals surface area contributed by atoms with Gasteiger partial charge in [0.25, 0.3) is 0 Å². The van der Waals surface area contributed by atoms with Crippen LogP contribution in [0.3, 0.4) is 0 Å². The number of methoxy groups -OCH3 is 3. The molecule has 284 valence electrons. The van der Waals surface area contributed by atoms with Crippen LogP contribution < -0.4 is 16.4 Å². The molecule has 2 rings (SSSR count). The highest BCUT2D eigenvalue weighted by Crippen LogP contribution is 2.29. The van der Waals surface area contributed by atoms with Gasteiger partial charge < -0.3 is 30.4 Å². The zero-order chi connectivity index (χ0) is 37.8. The summed E-state index contributed by atoms with van der Waals surface area (Å²) in [5, 5.41) is 15.1. The Bertz CT molecular complexity index is 1220. The van der Waals surface area contributed by atoms with E-state index in [1.807, 2.05) is 63.1 Å². The predicted octanol–water partition coefficient (Wildman–Crippen LogP) is 2.45. The van der Waals surface area contributed by atoms with Crippen molar-refractivity contribution < 1.29 is 38.5 Å². The molecule has 3 amide bonds. The average Bonchev–Trinajstić information content (AvgIpc) is 3.52. The molecule has 0 bridgehead atoms. The summed E-state index contributed by atoms with van der Waals surface area (Å²) < 4.78 is 18.0. The van der Waals surface area contributed by atoms with Gasteiger partial charge in [-0.1, -0.05) is 58.0 Å². The summed E-state index contributed by atoms with van der Waals surface area (Å²) in [4.78, 5) is 56.0. The fourth-order valence-corrected chi connectivity index (χ4v) is 7.22. The van der Waals surface area contributed by atoms with Crippen molar-refractivity contribution in [2.45, 2.75) is 122 Å². The van der Waals surface area contributed by atoms with Gasteiger partial charge in [0.1, 0.15) is 6.04 Å². The highest BCUT2D eigenvalue weighted by atomic mass is 16.5. The van der Waals surface area contributed by atoms with Gasteiger partial charge in [0.05, 0.1) is 41.9 Å². The van der Waals surface area contributed by atoms with E-state index < -0.39 is 47.4 Å². The summed E-state index contributed by atoms with van der Waals surface area (Å²) in [6.45, 7) is 12.2. The molecule has 1 aliphatic heterocycles. The molecule has 0 aromatic heterocycles. The quantitative estimate of drug-likeness (QED) is 0.148. The number of hydrogen-bond donors (Lipinski definition) is 4. The van der Waals surface area contributed by atoms with Crippen molar-refractivity contribution in [3.63, 3.8) is 0 Å². The first-order valence-electron chi connectivity index (χ1n) is 17.8. The number of carboxylic acids is 1. The van der Waals surface area contributed by atoms with Crippen LogP contribution in [-0.4, -0.2) is 128 Å². The van der Waals surface area contributed by atoms with Crippen molar-refractivity contribution in [1.82, 2.24) is 20.4 Å². The van der Waals surface area contributed by atoms with E-state index in [0.717, 1.165) is 24.9 Å². The Morgan fingerprint density at radius 3 is 2.14 bits per heavy atom. The van der Waals surface area contributed by atoms with Crippen LogP contribution in [0.1, 0.15) is 72.8 Å². The fourth-order valence-electron chi connectivity index (χ4n) is 7.22. The molecule has 0 unspecified atom stereocenters. The predicted molar refractivity (Wildman–Crippen MR) is 192 cm³/mol. The van der Waals surface area contributed by atoms with E-state index in [4.69, 9.17) is 19.9 Å². The van der Waals surface area contributed by atoms with Crippen LogP contribution in [0.15, 0.2) is 30.3 Å². The van der Waals surface area contributed by atoms with Gasteiger partial charge in [-0.2, -0.15) is 0 Å². The molecule has 1 saturated heterocycles. The first-order chi connectivity index (χ1) is 23.5. The molecule has 0 aliphatic carbocycles. The minimum absolute atomic E-state index is 0.0731. The van der Waals surface area contributed by atoms with Crippen LogP contribution in [0.5, 0.6) is 0 Å². The number of nitrogens with one attached hydrogen (secondary N) is 2. The standard InChI is InChI=1S/C37H63N5O8/c1-11-28(48-8)31(41(7)30(23(2)3)34(44)40-36(47)37(5,6)38)29(49-9)19-21-42-20-15-18-27(42)32(50-10)24(4)33(43)39-26(35(45)46)22-25-16-13-12-14-17-25/h12-14,16-17,23-24,26-32H,11,15,18-22,38H2,1-10H3,(H,39,43)(H,45,46)(H,40,44,47)/t24-,26+,27+,28+,29-,30+,31+,32-/m1/s1. The van der Waals surface area contributed by atoms with Crippen LogP contribution in [-0.2, 0) is 39.8 Å². The third-order valence-corrected chi connectivity index (χ3v) is 9.97. The number of hydrogen-bond acceptors (Lipinski definition) is 10. The van der Waals surface area contributed by atoms with Crippen molar-refractivity contribution in [2.24, 2.45) is 17.6 Å². The number of carboxylic acid groups (broad SMARTS) is 1. The fraction of sp³-hybridized carbons (Fsp3) is 0.730. The summed E-state index contributed by atoms with van der Waals surface area (Å²) in [6.07, 6.45) is 2.08. The van der Waals surface area contributed by atoms with Crippen molar-refractivity contribution >= 4 is 23.7 Å². The maximum Gasteiger partial charge on any atom is 0.326 e. The molecule has 1 aliphatic rings. The van der Waals surface area contributed by atoms with Crippen LogP contribution in [0, 0.1) is 11.8 Å². The molecule has 0 spiro atoms. The second-order valence-electron chi connectivity index (χ2n) is 14.5. The van der Waals surface area contributed by atoms with Gasteiger partial charge in [-0.25, -0.2) is 4.79 Å². The van der Waals surface area contributed by atoms with E-state index >= 15 is 0 Å². The maximum absolute atomic E-state index is 13.5. The second kappa shape index (κ2) is 20.2. The Kier molecular flexibility index (Phi) is 17.5. The number of imide groups is 1. The lowest BCUT2D eigenvalue weighted by Crippen LogP contribution is -2.62. The zero-order valence-corrected chi connectivity index (χ0v) is 31.8. The van der Waals surface area contributed by atoms with Gasteiger partial charge in [0.2, 0.25) is 17.7 Å². The highest BCUT2D eigenvalue weighted by molar-refractivity contribution is 6.01. The minimum Gasteiger partial charge on any atom is -0.480 e. The molecule has 0 saturated carbocycles. The van der Waals surface area contributed by atoms with Crippen molar-refractivity contribution in [3.8, 4) is 0 Å². The number of nitrogens with two attached hydrogens (primary N) is 1. The number of carbonyl (C=O) groups is 4. The van der Waals surface area contributed by atoms with E-state index in [0.29, 0.717) is 19.4 Å². The molecular weight excluding hydrogens is 642 g/mol. The molecule has 1 aromatic carbocycles. The average molecular weight is 706 g/mol. The molecule has 8 atom stereocenters. The van der Waals surface area contributed by atoms with Crippen LogP contribution in [0.4, 0.5) is 0 Å². The van der Waals surface area contributed by atoms with Crippen LogP contribution >= 0.6 is 0 Å². The summed E-state index contributed by atoms with van der Waals surface area (Å²) in [6, 6.07) is 7.08. The lowest BCUT2D eigenvalue weighted by atomic mass is 9.92. The molecule has 50 heavy (non-hydrogen) atoms. The van der Waals surface area contributed by atoms with Gasteiger partial charge in [-0.05, 0) is 64.6 Å². The molecule has 1 fully saturated rings. The number of rotatable bonds is 21. The zero-order valence-electron chi connectivity index (χ0n) is 31.8. The summed E-state index contributed by atoms with van der Waals surface area (Å²) in [5.41, 5.74) is 5.57. The van der Waals surface area contributed by atoms with E-state index in [1.165, 1.54) is 0 Å². The Labute approximate surface area is 298 Å². The Morgan fingerprint density at radius 2 is 1.64 bits per heavy atom. The van der Waals surface area contributed by atoms with E-state index in [1.54, 1.807) is 42.1 Å². The molecule has 5 N–H and O–H groups in total. The number of carbonyl (C=O) groups excluding carboxylic acids is 3. The van der Waals surface area contributed by atoms with Gasteiger partial charge in [0.15, 0.2) is 0 Å². The third-order valence-electron chi connectivity index (χ3n) is 9.97. The van der Waals surface area contributed by atoms with Gasteiger partial charge in [-0.15, -0.1) is 0 Å². The largest absolute Gasteiger partial charge is 0.480 e. The van der Waals surface area contributed by atoms with Crippen molar-refractivity contribution in [3.05, 3.63) is 35.9 Å². The first kappa shape index (κ1) is 43.2.